The molecule has 0 saturated carbocycles. The molecule has 0 unspecified atom stereocenters. The first-order chi connectivity index (χ1) is 9.97. The molecule has 2 aromatic carbocycles. The fourth-order valence-electron chi connectivity index (χ4n) is 2.15. The van der Waals surface area contributed by atoms with Crippen molar-refractivity contribution in [3.05, 3.63) is 70.8 Å². The number of nitrogens with zero attached hydrogens (tertiary/aromatic N) is 1. The Morgan fingerprint density at radius 3 is 2.43 bits per heavy atom. The Balaban J connectivity index is 2.15. The van der Waals surface area contributed by atoms with Crippen molar-refractivity contribution in [1.82, 2.24) is 4.90 Å². The van der Waals surface area contributed by atoms with E-state index in [2.05, 4.69) is 0 Å². The molecule has 21 heavy (non-hydrogen) atoms. The van der Waals surface area contributed by atoms with Gasteiger partial charge in [0.1, 0.15) is 11.6 Å². The summed E-state index contributed by atoms with van der Waals surface area (Å²) in [5, 5.41) is 9.09. The number of rotatable bonds is 5. The Kier molecular flexibility index (Phi) is 4.65. The van der Waals surface area contributed by atoms with Gasteiger partial charge < -0.3 is 5.11 Å². The summed E-state index contributed by atoms with van der Waals surface area (Å²) in [6.07, 6.45) is 0. The molecule has 0 atom stereocenters. The van der Waals surface area contributed by atoms with Gasteiger partial charge in [-0.15, -0.1) is 0 Å². The van der Waals surface area contributed by atoms with E-state index in [0.29, 0.717) is 17.7 Å². The first-order valence-electron chi connectivity index (χ1n) is 6.41. The van der Waals surface area contributed by atoms with Gasteiger partial charge in [0.05, 0.1) is 5.56 Å². The Labute approximate surface area is 121 Å². The van der Waals surface area contributed by atoms with Crippen molar-refractivity contribution in [2.75, 3.05) is 7.05 Å². The second-order valence-electron chi connectivity index (χ2n) is 4.87. The van der Waals surface area contributed by atoms with E-state index in [4.69, 9.17) is 5.11 Å². The highest BCUT2D eigenvalue weighted by Gasteiger charge is 2.13. The maximum atomic E-state index is 13.6. The van der Waals surface area contributed by atoms with Crippen LogP contribution in [0.3, 0.4) is 0 Å². The van der Waals surface area contributed by atoms with Crippen LogP contribution in [0.25, 0.3) is 0 Å². The van der Waals surface area contributed by atoms with E-state index in [0.717, 1.165) is 6.07 Å². The number of carboxylic acids is 1. The zero-order chi connectivity index (χ0) is 15.4. The van der Waals surface area contributed by atoms with Crippen molar-refractivity contribution in [1.29, 1.82) is 0 Å². The molecular weight excluding hydrogens is 276 g/mol. The molecule has 0 amide bonds. The van der Waals surface area contributed by atoms with Gasteiger partial charge in [0.15, 0.2) is 0 Å². The third-order valence-electron chi connectivity index (χ3n) is 3.14. The highest BCUT2D eigenvalue weighted by atomic mass is 19.1. The van der Waals surface area contributed by atoms with Crippen molar-refractivity contribution < 1.29 is 18.7 Å². The number of carboxylic acid groups (broad SMARTS) is 1. The Morgan fingerprint density at radius 1 is 1.10 bits per heavy atom. The fourth-order valence-corrected chi connectivity index (χ4v) is 2.15. The quantitative estimate of drug-likeness (QED) is 0.919. The molecule has 0 aliphatic rings. The number of carbonyl (C=O) groups is 1. The minimum Gasteiger partial charge on any atom is -0.478 e. The number of hydrogen-bond acceptors (Lipinski definition) is 2. The van der Waals surface area contributed by atoms with Crippen molar-refractivity contribution in [3.63, 3.8) is 0 Å². The molecule has 0 spiro atoms. The molecule has 0 bridgehead atoms. The second kappa shape index (κ2) is 6.45. The molecule has 0 aliphatic heterocycles. The summed E-state index contributed by atoms with van der Waals surface area (Å²) in [5.74, 6) is -2.07. The highest BCUT2D eigenvalue weighted by molar-refractivity contribution is 5.89. The van der Waals surface area contributed by atoms with E-state index >= 15 is 0 Å². The number of hydrogen-bond donors (Lipinski definition) is 1. The van der Waals surface area contributed by atoms with Crippen LogP contribution < -0.4 is 0 Å². The lowest BCUT2D eigenvalue weighted by atomic mass is 10.1. The van der Waals surface area contributed by atoms with Crippen LogP contribution in [-0.2, 0) is 13.1 Å². The molecule has 0 aliphatic carbocycles. The van der Waals surface area contributed by atoms with Crippen molar-refractivity contribution >= 4 is 5.97 Å². The molecule has 2 rings (SSSR count). The molecule has 2 aromatic rings. The summed E-state index contributed by atoms with van der Waals surface area (Å²) >= 11 is 0. The standard InChI is InChI=1S/C16H15F2NO2/c1-19(10-12-4-2-3-5-15(12)18)9-11-6-7-13(17)8-14(11)16(20)21/h2-8H,9-10H2,1H3,(H,20,21). The topological polar surface area (TPSA) is 40.5 Å². The van der Waals surface area contributed by atoms with Crippen LogP contribution in [-0.4, -0.2) is 23.0 Å². The van der Waals surface area contributed by atoms with Crippen LogP contribution in [0.1, 0.15) is 21.5 Å². The number of halogens is 2. The molecule has 5 heteroatoms. The molecule has 110 valence electrons. The third-order valence-corrected chi connectivity index (χ3v) is 3.14. The van der Waals surface area contributed by atoms with Gasteiger partial charge in [-0.05, 0) is 30.8 Å². The maximum Gasteiger partial charge on any atom is 0.336 e. The zero-order valence-electron chi connectivity index (χ0n) is 11.5. The largest absolute Gasteiger partial charge is 0.478 e. The lowest BCUT2D eigenvalue weighted by Crippen LogP contribution is -2.20. The van der Waals surface area contributed by atoms with Gasteiger partial charge in [-0.25, -0.2) is 13.6 Å². The minimum absolute atomic E-state index is 0.0737. The van der Waals surface area contributed by atoms with Crippen molar-refractivity contribution in [2.45, 2.75) is 13.1 Å². The van der Waals surface area contributed by atoms with Gasteiger partial charge in [-0.1, -0.05) is 24.3 Å². The van der Waals surface area contributed by atoms with Crippen LogP contribution in [0.4, 0.5) is 8.78 Å². The predicted octanol–water partition coefficient (Wildman–Crippen LogP) is 3.30. The summed E-state index contributed by atoms with van der Waals surface area (Å²) in [4.78, 5) is 12.9. The van der Waals surface area contributed by atoms with Crippen LogP contribution >= 0.6 is 0 Å². The summed E-state index contributed by atoms with van der Waals surface area (Å²) in [6, 6.07) is 10.1. The summed E-state index contributed by atoms with van der Waals surface area (Å²) in [5.41, 5.74) is 0.942. The van der Waals surface area contributed by atoms with Gasteiger partial charge in [0, 0.05) is 18.7 Å². The average molecular weight is 291 g/mol. The first-order valence-corrected chi connectivity index (χ1v) is 6.41. The van der Waals surface area contributed by atoms with E-state index in [1.54, 1.807) is 30.1 Å². The zero-order valence-corrected chi connectivity index (χ0v) is 11.5. The maximum absolute atomic E-state index is 13.6. The molecule has 0 heterocycles. The second-order valence-corrected chi connectivity index (χ2v) is 4.87. The smallest absolute Gasteiger partial charge is 0.336 e. The summed E-state index contributed by atoms with van der Waals surface area (Å²) < 4.78 is 26.7. The SMILES string of the molecule is CN(Cc1ccccc1F)Cc1ccc(F)cc1C(=O)O. The Bertz CT molecular complexity index is 658. The number of benzene rings is 2. The number of aromatic carboxylic acids is 1. The van der Waals surface area contributed by atoms with Gasteiger partial charge >= 0.3 is 5.97 Å². The predicted molar refractivity (Wildman–Crippen MR) is 74.9 cm³/mol. The molecule has 0 fully saturated rings. The molecule has 0 saturated heterocycles. The van der Waals surface area contributed by atoms with E-state index < -0.39 is 11.8 Å². The van der Waals surface area contributed by atoms with Crippen LogP contribution in [0.5, 0.6) is 0 Å². The van der Waals surface area contributed by atoms with Gasteiger partial charge in [0.25, 0.3) is 0 Å². The summed E-state index contributed by atoms with van der Waals surface area (Å²) in [7, 11) is 1.75. The minimum atomic E-state index is -1.18. The van der Waals surface area contributed by atoms with Gasteiger partial charge in [-0.2, -0.15) is 0 Å². The molecule has 1 N–H and O–H groups in total. The average Bonchev–Trinajstić information content (AvgIpc) is 2.43. The molecule has 0 aromatic heterocycles. The van der Waals surface area contributed by atoms with E-state index in [-0.39, 0.29) is 17.9 Å². The van der Waals surface area contributed by atoms with E-state index in [1.807, 2.05) is 0 Å². The molecular formula is C16H15F2NO2. The monoisotopic (exact) mass is 291 g/mol. The normalized spacial score (nSPS) is 10.9. The Morgan fingerprint density at radius 2 is 1.76 bits per heavy atom. The van der Waals surface area contributed by atoms with Crippen molar-refractivity contribution in [2.24, 2.45) is 0 Å². The summed E-state index contributed by atoms with van der Waals surface area (Å²) in [6.45, 7) is 0.624. The van der Waals surface area contributed by atoms with Crippen molar-refractivity contribution in [3.8, 4) is 0 Å². The lowest BCUT2D eigenvalue weighted by molar-refractivity contribution is 0.0694. The van der Waals surface area contributed by atoms with E-state index in [9.17, 15) is 13.6 Å². The van der Waals surface area contributed by atoms with Crippen LogP contribution in [0, 0.1) is 11.6 Å². The van der Waals surface area contributed by atoms with Gasteiger partial charge in [-0.3, -0.25) is 4.90 Å². The Hall–Kier alpha value is -2.27. The molecule has 0 radical (unpaired) electrons. The highest BCUT2D eigenvalue weighted by Crippen LogP contribution is 2.16. The van der Waals surface area contributed by atoms with Crippen LogP contribution in [0.15, 0.2) is 42.5 Å². The first kappa shape index (κ1) is 15.1. The molecule has 3 nitrogen and oxygen atoms in total. The lowest BCUT2D eigenvalue weighted by Gasteiger charge is -2.18. The van der Waals surface area contributed by atoms with E-state index in [1.165, 1.54) is 18.2 Å². The third kappa shape index (κ3) is 3.86. The van der Waals surface area contributed by atoms with Gasteiger partial charge in [0.2, 0.25) is 0 Å². The van der Waals surface area contributed by atoms with Crippen LogP contribution in [0.2, 0.25) is 0 Å². The fraction of sp³-hybridized carbons (Fsp3) is 0.188.